The number of hydrogen-bond donors (Lipinski definition) is 0. The van der Waals surface area contributed by atoms with Crippen molar-refractivity contribution in [2.24, 2.45) is 10.2 Å². The van der Waals surface area contributed by atoms with Crippen LogP contribution in [0.1, 0.15) is 16.7 Å². The average molecular weight is 477 g/mol. The lowest BCUT2D eigenvalue weighted by molar-refractivity contribution is 0.122. The van der Waals surface area contributed by atoms with E-state index in [0.29, 0.717) is 50.2 Å². The number of rotatable bonds is 10. The smallest absolute Gasteiger partial charge is 0.217 e. The zero-order chi connectivity index (χ0) is 24.5. The lowest BCUT2D eigenvalue weighted by atomic mass is 10.1. The molecular formula is C27H32N4O4. The van der Waals surface area contributed by atoms with Crippen molar-refractivity contribution in [1.82, 2.24) is 4.98 Å². The van der Waals surface area contributed by atoms with E-state index in [1.807, 2.05) is 42.5 Å². The molecule has 2 heterocycles. The third kappa shape index (κ3) is 6.70. The van der Waals surface area contributed by atoms with Gasteiger partial charge in [-0.3, -0.25) is 0 Å². The summed E-state index contributed by atoms with van der Waals surface area (Å²) < 4.78 is 22.5. The maximum Gasteiger partial charge on any atom is 0.217 e. The molecule has 0 bridgehead atoms. The number of nitrogens with zero attached hydrogens (tertiary/aromatic N) is 4. The van der Waals surface area contributed by atoms with E-state index in [1.54, 1.807) is 14.2 Å². The fourth-order valence-electron chi connectivity index (χ4n) is 4.02. The Bertz CT molecular complexity index is 1150. The summed E-state index contributed by atoms with van der Waals surface area (Å²) in [6.45, 7) is 6.00. The molecule has 1 saturated heterocycles. The number of ether oxygens (including phenoxy) is 4. The SMILES string of the molecule is COc1cccc(CCOc2cc(N3CCOCC3)cc(N=NCc3cccc(C)c3)n2)c1OC. The zero-order valence-electron chi connectivity index (χ0n) is 20.6. The van der Waals surface area contributed by atoms with E-state index < -0.39 is 0 Å². The Labute approximate surface area is 206 Å². The van der Waals surface area contributed by atoms with Gasteiger partial charge in [-0.15, -0.1) is 5.11 Å². The molecule has 0 N–H and O–H groups in total. The van der Waals surface area contributed by atoms with E-state index in [4.69, 9.17) is 18.9 Å². The van der Waals surface area contributed by atoms with Gasteiger partial charge in [-0.2, -0.15) is 10.1 Å². The molecule has 4 rings (SSSR count). The highest BCUT2D eigenvalue weighted by molar-refractivity contribution is 5.55. The van der Waals surface area contributed by atoms with Gasteiger partial charge in [0.15, 0.2) is 17.3 Å². The summed E-state index contributed by atoms with van der Waals surface area (Å²) in [7, 11) is 3.28. The van der Waals surface area contributed by atoms with Crippen LogP contribution in [0.5, 0.6) is 17.4 Å². The van der Waals surface area contributed by atoms with Crippen molar-refractivity contribution in [2.45, 2.75) is 19.9 Å². The predicted molar refractivity (Wildman–Crippen MR) is 135 cm³/mol. The van der Waals surface area contributed by atoms with Gasteiger partial charge in [0.05, 0.1) is 40.6 Å². The molecule has 1 aromatic heterocycles. The molecule has 1 fully saturated rings. The Hall–Kier alpha value is -3.65. The molecule has 0 unspecified atom stereocenters. The minimum absolute atomic E-state index is 0.433. The monoisotopic (exact) mass is 476 g/mol. The summed E-state index contributed by atoms with van der Waals surface area (Å²) in [5, 5.41) is 8.79. The second kappa shape index (κ2) is 12.2. The van der Waals surface area contributed by atoms with Crippen LogP contribution in [0.4, 0.5) is 11.5 Å². The molecule has 0 spiro atoms. The first-order valence-electron chi connectivity index (χ1n) is 11.8. The van der Waals surface area contributed by atoms with Crippen LogP contribution < -0.4 is 19.1 Å². The number of para-hydroxylation sites is 1. The van der Waals surface area contributed by atoms with Crippen molar-refractivity contribution in [3.8, 4) is 17.4 Å². The van der Waals surface area contributed by atoms with Crippen LogP contribution in [-0.2, 0) is 17.7 Å². The van der Waals surface area contributed by atoms with Crippen LogP contribution in [0.15, 0.2) is 64.8 Å². The van der Waals surface area contributed by atoms with E-state index in [9.17, 15) is 0 Å². The standard InChI is InChI=1S/C27H32N4O4/c1-20-6-4-7-21(16-20)19-28-30-25-17-23(31-11-14-34-15-12-31)18-26(29-25)35-13-10-22-8-5-9-24(32-2)27(22)33-3/h4-9,16-18H,10-15,19H2,1-3H3. The predicted octanol–water partition coefficient (Wildman–Crippen LogP) is 5.15. The van der Waals surface area contributed by atoms with E-state index in [0.717, 1.165) is 35.7 Å². The Morgan fingerprint density at radius 2 is 1.83 bits per heavy atom. The molecule has 184 valence electrons. The maximum atomic E-state index is 6.07. The van der Waals surface area contributed by atoms with Crippen LogP contribution in [0, 0.1) is 6.92 Å². The van der Waals surface area contributed by atoms with Crippen molar-refractivity contribution in [2.75, 3.05) is 52.0 Å². The van der Waals surface area contributed by atoms with E-state index >= 15 is 0 Å². The quantitative estimate of drug-likeness (QED) is 0.377. The van der Waals surface area contributed by atoms with Crippen molar-refractivity contribution in [1.29, 1.82) is 0 Å². The third-order valence-corrected chi connectivity index (χ3v) is 5.76. The highest BCUT2D eigenvalue weighted by Crippen LogP contribution is 2.31. The molecule has 1 aliphatic heterocycles. The topological polar surface area (TPSA) is 77.8 Å². The fraction of sp³-hybridized carbons (Fsp3) is 0.370. The minimum atomic E-state index is 0.433. The van der Waals surface area contributed by atoms with Gasteiger partial charge in [-0.1, -0.05) is 42.0 Å². The van der Waals surface area contributed by atoms with Crippen LogP contribution >= 0.6 is 0 Å². The second-order valence-corrected chi connectivity index (χ2v) is 8.26. The fourth-order valence-corrected chi connectivity index (χ4v) is 4.02. The summed E-state index contributed by atoms with van der Waals surface area (Å²) in [6, 6.07) is 18.0. The molecule has 0 aliphatic carbocycles. The van der Waals surface area contributed by atoms with Gasteiger partial charge in [0.1, 0.15) is 0 Å². The molecule has 0 saturated carbocycles. The Morgan fingerprint density at radius 1 is 1.00 bits per heavy atom. The van der Waals surface area contributed by atoms with Crippen molar-refractivity contribution < 1.29 is 18.9 Å². The Balaban J connectivity index is 1.49. The number of morpholine rings is 1. The normalized spacial score (nSPS) is 13.7. The Morgan fingerprint density at radius 3 is 2.60 bits per heavy atom. The van der Waals surface area contributed by atoms with Crippen molar-refractivity contribution >= 4 is 11.5 Å². The molecule has 8 heteroatoms. The highest BCUT2D eigenvalue weighted by Gasteiger charge is 2.15. The van der Waals surface area contributed by atoms with Crippen molar-refractivity contribution in [3.63, 3.8) is 0 Å². The molecule has 2 aromatic carbocycles. The van der Waals surface area contributed by atoms with E-state index in [-0.39, 0.29) is 0 Å². The molecule has 1 aliphatic rings. The first-order chi connectivity index (χ1) is 17.2. The Kier molecular flexibility index (Phi) is 8.51. The van der Waals surface area contributed by atoms with Gasteiger partial charge in [0.25, 0.3) is 0 Å². The average Bonchev–Trinajstić information content (AvgIpc) is 2.89. The first kappa shape index (κ1) is 24.5. The van der Waals surface area contributed by atoms with Gasteiger partial charge in [0, 0.05) is 42.9 Å². The highest BCUT2D eigenvalue weighted by atomic mass is 16.5. The van der Waals surface area contributed by atoms with Gasteiger partial charge in [0.2, 0.25) is 5.88 Å². The molecule has 0 radical (unpaired) electrons. The van der Waals surface area contributed by atoms with Gasteiger partial charge >= 0.3 is 0 Å². The van der Waals surface area contributed by atoms with E-state index in [2.05, 4.69) is 39.2 Å². The largest absolute Gasteiger partial charge is 0.493 e. The minimum Gasteiger partial charge on any atom is -0.493 e. The summed E-state index contributed by atoms with van der Waals surface area (Å²) >= 11 is 0. The lowest BCUT2D eigenvalue weighted by Crippen LogP contribution is -2.36. The van der Waals surface area contributed by atoms with Gasteiger partial charge in [-0.05, 0) is 18.6 Å². The second-order valence-electron chi connectivity index (χ2n) is 8.26. The number of methoxy groups -OCH3 is 2. The van der Waals surface area contributed by atoms with Crippen LogP contribution in [0.2, 0.25) is 0 Å². The molecule has 0 atom stereocenters. The molecule has 0 amide bonds. The molecule has 8 nitrogen and oxygen atoms in total. The zero-order valence-corrected chi connectivity index (χ0v) is 20.6. The number of anilines is 1. The number of hydrogen-bond acceptors (Lipinski definition) is 8. The number of benzene rings is 2. The third-order valence-electron chi connectivity index (χ3n) is 5.76. The number of azo groups is 1. The summed E-state index contributed by atoms with van der Waals surface area (Å²) in [5.74, 6) is 2.46. The number of aromatic nitrogens is 1. The summed E-state index contributed by atoms with van der Waals surface area (Å²) in [4.78, 5) is 6.84. The molecule has 3 aromatic rings. The summed E-state index contributed by atoms with van der Waals surface area (Å²) in [5.41, 5.74) is 4.33. The lowest BCUT2D eigenvalue weighted by Gasteiger charge is -2.29. The van der Waals surface area contributed by atoms with Gasteiger partial charge in [-0.25, -0.2) is 0 Å². The van der Waals surface area contributed by atoms with Gasteiger partial charge < -0.3 is 23.8 Å². The number of pyridine rings is 1. The molecule has 35 heavy (non-hydrogen) atoms. The molecular weight excluding hydrogens is 444 g/mol. The maximum absolute atomic E-state index is 6.07. The van der Waals surface area contributed by atoms with E-state index in [1.165, 1.54) is 5.56 Å². The first-order valence-corrected chi connectivity index (χ1v) is 11.8. The van der Waals surface area contributed by atoms with Crippen molar-refractivity contribution in [3.05, 3.63) is 71.3 Å². The van der Waals surface area contributed by atoms with Crippen LogP contribution in [-0.4, -0.2) is 52.1 Å². The van der Waals surface area contributed by atoms with Crippen LogP contribution in [0.3, 0.4) is 0 Å². The van der Waals surface area contributed by atoms with Crippen LogP contribution in [0.25, 0.3) is 0 Å². The summed E-state index contributed by atoms with van der Waals surface area (Å²) in [6.07, 6.45) is 0.647. The number of aryl methyl sites for hydroxylation is 1.